The molecule has 0 aliphatic heterocycles. The smallest absolute Gasteiger partial charge is 0.0517 e. The van der Waals surface area contributed by atoms with Crippen LogP contribution >= 0.6 is 8.22 Å². The topological polar surface area (TPSA) is 6.48 Å². The van der Waals surface area contributed by atoms with Gasteiger partial charge < -0.3 is 0 Å². The Kier molecular flexibility index (Phi) is 8.50. The molecule has 0 N–H and O–H groups in total. The second-order valence-electron chi connectivity index (χ2n) is 8.23. The van der Waals surface area contributed by atoms with Crippen LogP contribution in [0.3, 0.4) is 0 Å². The third-order valence-electron chi connectivity index (χ3n) is 3.27. The maximum Gasteiger partial charge on any atom is 0.0517 e. The zero-order chi connectivity index (χ0) is 16.2. The average Bonchev–Trinajstić information content (AvgIpc) is 2.11. The first-order valence-electron chi connectivity index (χ1n) is 8.22. The van der Waals surface area contributed by atoms with E-state index in [4.69, 9.17) is 0 Å². The quantitative estimate of drug-likeness (QED) is 0.436. The van der Waals surface area contributed by atoms with Gasteiger partial charge in [-0.15, -0.1) is 0 Å². The van der Waals surface area contributed by atoms with E-state index in [0.29, 0.717) is 24.2 Å². The molecule has 0 heterocycles. The molecule has 0 saturated carbocycles. The summed E-state index contributed by atoms with van der Waals surface area (Å²) < 4.78 is 5.57. The van der Waals surface area contributed by atoms with E-state index in [1.807, 2.05) is 0 Å². The highest BCUT2D eigenvalue weighted by atomic mass is 31.1. The van der Waals surface area contributed by atoms with E-state index in [1.165, 1.54) is 5.79 Å². The van der Waals surface area contributed by atoms with Crippen LogP contribution in [-0.2, 0) is 0 Å². The third kappa shape index (κ3) is 6.55. The summed E-state index contributed by atoms with van der Waals surface area (Å²) in [6.45, 7) is 26.4. The molecule has 0 amide bonds. The molecule has 0 aromatic rings. The van der Waals surface area contributed by atoms with Crippen molar-refractivity contribution in [2.24, 2.45) is 0 Å². The van der Waals surface area contributed by atoms with E-state index in [2.05, 4.69) is 84.4 Å². The van der Waals surface area contributed by atoms with Crippen molar-refractivity contribution in [2.75, 3.05) is 5.79 Å². The fraction of sp³-hybridized carbons (Fsp3) is 1.00. The number of hydrogen-bond acceptors (Lipinski definition) is 2. The molecule has 4 heteroatoms. The highest BCUT2D eigenvalue weighted by molar-refractivity contribution is 7.55. The van der Waals surface area contributed by atoms with Gasteiger partial charge in [-0.3, -0.25) is 9.34 Å². The van der Waals surface area contributed by atoms with Gasteiger partial charge in [0.05, 0.1) is 8.07 Å². The van der Waals surface area contributed by atoms with Crippen molar-refractivity contribution in [1.29, 1.82) is 0 Å². The molecule has 0 aromatic carbocycles. The second kappa shape index (κ2) is 8.27. The van der Waals surface area contributed by atoms with Crippen LogP contribution in [-0.4, -0.2) is 47.4 Å². The van der Waals surface area contributed by atoms with Gasteiger partial charge in [0.15, 0.2) is 0 Å². The molecule has 0 saturated heterocycles. The van der Waals surface area contributed by atoms with Crippen molar-refractivity contribution in [1.82, 2.24) is 9.34 Å². The predicted octanol–water partition coefficient (Wildman–Crippen LogP) is 5.41. The fourth-order valence-electron chi connectivity index (χ4n) is 2.97. The summed E-state index contributed by atoms with van der Waals surface area (Å²) >= 11 is 0. The van der Waals surface area contributed by atoms with Crippen molar-refractivity contribution >= 4 is 16.3 Å². The number of hydrogen-bond donors (Lipinski definition) is 0. The Hall–Kier alpha value is 0.567. The standard InChI is InChI=1S/C16H39N2PSi/c1-13(2)17(14(3)4)19(12-20(9,10)11)18(15(5)6)16(7)8/h13-16H,12H2,1-11H3. The van der Waals surface area contributed by atoms with Gasteiger partial charge in [0, 0.05) is 32.4 Å². The highest BCUT2D eigenvalue weighted by Crippen LogP contribution is 2.51. The van der Waals surface area contributed by atoms with E-state index in [1.54, 1.807) is 0 Å². The Labute approximate surface area is 131 Å². The highest BCUT2D eigenvalue weighted by Gasteiger charge is 2.35. The van der Waals surface area contributed by atoms with Crippen LogP contribution in [0.15, 0.2) is 0 Å². The lowest BCUT2D eigenvalue weighted by atomic mass is 10.3. The summed E-state index contributed by atoms with van der Waals surface area (Å²) in [5.74, 6) is 1.41. The van der Waals surface area contributed by atoms with Gasteiger partial charge in [0.2, 0.25) is 0 Å². The van der Waals surface area contributed by atoms with Gasteiger partial charge in [0.25, 0.3) is 0 Å². The van der Waals surface area contributed by atoms with E-state index in [0.717, 1.165) is 0 Å². The van der Waals surface area contributed by atoms with E-state index >= 15 is 0 Å². The van der Waals surface area contributed by atoms with Crippen LogP contribution in [0.25, 0.3) is 0 Å². The average molecular weight is 319 g/mol. The number of nitrogens with zero attached hydrogens (tertiary/aromatic N) is 2. The molecule has 0 unspecified atom stereocenters. The molecule has 0 rings (SSSR count). The molecule has 122 valence electrons. The summed E-state index contributed by atoms with van der Waals surface area (Å²) in [7, 11) is -1.29. The largest absolute Gasteiger partial charge is 0.265 e. The minimum absolute atomic E-state index is 0.205. The van der Waals surface area contributed by atoms with Crippen molar-refractivity contribution in [3.63, 3.8) is 0 Å². The predicted molar refractivity (Wildman–Crippen MR) is 99.4 cm³/mol. The lowest BCUT2D eigenvalue weighted by molar-refractivity contribution is 0.258. The third-order valence-corrected chi connectivity index (χ3v) is 11.1. The Bertz CT molecular complexity index is 236. The summed E-state index contributed by atoms with van der Waals surface area (Å²) in [5.41, 5.74) is 0. The normalized spacial score (nSPS) is 14.1. The van der Waals surface area contributed by atoms with Gasteiger partial charge in [-0.25, -0.2) is 0 Å². The van der Waals surface area contributed by atoms with Crippen molar-refractivity contribution in [3.05, 3.63) is 0 Å². The zero-order valence-electron chi connectivity index (χ0n) is 15.9. The van der Waals surface area contributed by atoms with Crippen LogP contribution in [0.2, 0.25) is 19.6 Å². The molecule has 0 aliphatic rings. The van der Waals surface area contributed by atoms with E-state index in [9.17, 15) is 0 Å². The fourth-order valence-corrected chi connectivity index (χ4v) is 10.0. The van der Waals surface area contributed by atoms with Crippen molar-refractivity contribution < 1.29 is 0 Å². The SMILES string of the molecule is CC(C)N(C(C)C)P(C[Si](C)(C)C)N(C(C)C)C(C)C. The van der Waals surface area contributed by atoms with Crippen molar-refractivity contribution in [2.45, 2.75) is 99.2 Å². The van der Waals surface area contributed by atoms with Gasteiger partial charge >= 0.3 is 0 Å². The van der Waals surface area contributed by atoms with Crippen LogP contribution in [0.4, 0.5) is 0 Å². The maximum absolute atomic E-state index is 2.79. The van der Waals surface area contributed by atoms with Gasteiger partial charge in [-0.2, -0.15) is 0 Å². The summed E-state index contributed by atoms with van der Waals surface area (Å²) in [6, 6.07) is 2.49. The first-order chi connectivity index (χ1) is 8.88. The van der Waals surface area contributed by atoms with Crippen LogP contribution in [0.1, 0.15) is 55.4 Å². The van der Waals surface area contributed by atoms with Crippen LogP contribution in [0.5, 0.6) is 0 Å². The lowest BCUT2D eigenvalue weighted by Crippen LogP contribution is -2.46. The van der Waals surface area contributed by atoms with Crippen molar-refractivity contribution in [3.8, 4) is 0 Å². The summed E-state index contributed by atoms with van der Waals surface area (Å²) in [5, 5.41) is 0. The van der Waals surface area contributed by atoms with E-state index < -0.39 is 8.07 Å². The first-order valence-corrected chi connectivity index (χ1v) is 13.4. The first kappa shape index (κ1) is 20.6. The Morgan fingerprint density at radius 1 is 0.650 bits per heavy atom. The molecular formula is C16H39N2PSi. The summed E-state index contributed by atoms with van der Waals surface area (Å²) in [4.78, 5) is 0. The molecule has 0 bridgehead atoms. The van der Waals surface area contributed by atoms with Gasteiger partial charge in [-0.1, -0.05) is 19.6 Å². The molecule has 0 fully saturated rings. The zero-order valence-corrected chi connectivity index (χ0v) is 17.8. The minimum atomic E-state index is -1.08. The Morgan fingerprint density at radius 2 is 0.900 bits per heavy atom. The molecular weight excluding hydrogens is 279 g/mol. The van der Waals surface area contributed by atoms with Gasteiger partial charge in [0.1, 0.15) is 0 Å². The van der Waals surface area contributed by atoms with Crippen LogP contribution in [0, 0.1) is 0 Å². The summed E-state index contributed by atoms with van der Waals surface area (Å²) in [6.07, 6.45) is 0. The number of rotatable bonds is 8. The van der Waals surface area contributed by atoms with E-state index in [-0.39, 0.29) is 8.22 Å². The molecule has 0 aromatic heterocycles. The molecule has 0 spiro atoms. The maximum atomic E-state index is 2.79. The molecule has 0 aliphatic carbocycles. The lowest BCUT2D eigenvalue weighted by Gasteiger charge is -2.49. The molecule has 0 atom stereocenters. The minimum Gasteiger partial charge on any atom is -0.265 e. The Morgan fingerprint density at radius 3 is 1.05 bits per heavy atom. The van der Waals surface area contributed by atoms with Gasteiger partial charge in [-0.05, 0) is 61.2 Å². The van der Waals surface area contributed by atoms with Crippen LogP contribution < -0.4 is 0 Å². The monoisotopic (exact) mass is 318 g/mol. The molecule has 0 radical (unpaired) electrons. The molecule has 20 heavy (non-hydrogen) atoms. The Balaban J connectivity index is 5.54. The second-order valence-corrected chi connectivity index (χ2v) is 16.3. The molecule has 2 nitrogen and oxygen atoms in total.